The molecule has 0 aromatic heterocycles. The van der Waals surface area contributed by atoms with Crippen molar-refractivity contribution in [2.45, 2.75) is 19.6 Å². The Balaban J connectivity index is 2.54. The van der Waals surface area contributed by atoms with Gasteiger partial charge in [-0.3, -0.25) is 0 Å². The normalized spacial score (nSPS) is 11.8. The van der Waals surface area contributed by atoms with Crippen molar-refractivity contribution in [3.05, 3.63) is 33.8 Å². The molecule has 0 atom stereocenters. The van der Waals surface area contributed by atoms with Gasteiger partial charge in [0.1, 0.15) is 0 Å². The first-order chi connectivity index (χ1) is 6.88. The summed E-state index contributed by atoms with van der Waals surface area (Å²) < 4.78 is 36.5. The molecule has 0 bridgehead atoms. The van der Waals surface area contributed by atoms with Crippen LogP contribution in [0.15, 0.2) is 22.7 Å². The van der Waals surface area contributed by atoms with Gasteiger partial charge in [0.2, 0.25) is 0 Å². The molecule has 15 heavy (non-hydrogen) atoms. The van der Waals surface area contributed by atoms with Crippen LogP contribution in [0.25, 0.3) is 0 Å². The van der Waals surface area contributed by atoms with Crippen molar-refractivity contribution >= 4 is 15.9 Å². The van der Waals surface area contributed by atoms with Gasteiger partial charge in [0.25, 0.3) is 0 Å². The topological polar surface area (TPSA) is 12.0 Å². The highest BCUT2D eigenvalue weighted by molar-refractivity contribution is 9.10. The molecule has 0 heterocycles. The summed E-state index contributed by atoms with van der Waals surface area (Å²) in [6.07, 6.45) is -4.15. The molecular formula is C10H11BrF3N. The number of hydrogen-bond donors (Lipinski definition) is 1. The molecule has 0 radical (unpaired) electrons. The number of rotatable bonds is 3. The molecular weight excluding hydrogens is 271 g/mol. The van der Waals surface area contributed by atoms with Crippen LogP contribution in [-0.4, -0.2) is 12.7 Å². The molecule has 84 valence electrons. The monoisotopic (exact) mass is 281 g/mol. The largest absolute Gasteiger partial charge is 0.401 e. The summed E-state index contributed by atoms with van der Waals surface area (Å²) in [6.45, 7) is 1.14. The molecule has 0 saturated carbocycles. The highest BCUT2D eigenvalue weighted by atomic mass is 79.9. The van der Waals surface area contributed by atoms with Crippen molar-refractivity contribution in [1.29, 1.82) is 0 Å². The minimum Gasteiger partial charge on any atom is -0.305 e. The zero-order valence-electron chi connectivity index (χ0n) is 8.16. The van der Waals surface area contributed by atoms with Gasteiger partial charge in [-0.2, -0.15) is 13.2 Å². The fraction of sp³-hybridized carbons (Fsp3) is 0.400. The predicted molar refractivity (Wildman–Crippen MR) is 56.6 cm³/mol. The van der Waals surface area contributed by atoms with Crippen molar-refractivity contribution in [3.63, 3.8) is 0 Å². The molecule has 0 amide bonds. The van der Waals surface area contributed by atoms with Gasteiger partial charge in [-0.15, -0.1) is 0 Å². The number of halogens is 4. The number of aryl methyl sites for hydroxylation is 1. The molecule has 1 N–H and O–H groups in total. The third kappa shape index (κ3) is 4.66. The lowest BCUT2D eigenvalue weighted by molar-refractivity contribution is -0.125. The smallest absolute Gasteiger partial charge is 0.305 e. The standard InChI is InChI=1S/C10H11BrF3N/c1-7-2-3-9(11)4-8(7)5-15-6-10(12,13)14/h2-4,15H,5-6H2,1H3. The zero-order chi connectivity index (χ0) is 11.5. The SMILES string of the molecule is Cc1ccc(Br)cc1CNCC(F)(F)F. The Hall–Kier alpha value is -0.550. The maximum Gasteiger partial charge on any atom is 0.401 e. The van der Waals surface area contributed by atoms with E-state index >= 15 is 0 Å². The minimum atomic E-state index is -4.15. The van der Waals surface area contributed by atoms with Crippen molar-refractivity contribution in [2.75, 3.05) is 6.54 Å². The highest BCUT2D eigenvalue weighted by Gasteiger charge is 2.26. The van der Waals surface area contributed by atoms with Gasteiger partial charge < -0.3 is 5.32 Å². The van der Waals surface area contributed by atoms with E-state index in [9.17, 15) is 13.2 Å². The van der Waals surface area contributed by atoms with Gasteiger partial charge in [0.15, 0.2) is 0 Å². The van der Waals surface area contributed by atoms with Crippen LogP contribution in [-0.2, 0) is 6.54 Å². The molecule has 0 fully saturated rings. The van der Waals surface area contributed by atoms with Crippen molar-refractivity contribution < 1.29 is 13.2 Å². The van der Waals surface area contributed by atoms with Crippen LogP contribution in [0.2, 0.25) is 0 Å². The Labute approximate surface area is 94.8 Å². The van der Waals surface area contributed by atoms with Gasteiger partial charge in [0.05, 0.1) is 6.54 Å². The maximum absolute atomic E-state index is 11.9. The Morgan fingerprint density at radius 2 is 2.00 bits per heavy atom. The molecule has 0 unspecified atom stereocenters. The molecule has 0 aliphatic heterocycles. The van der Waals surface area contributed by atoms with E-state index < -0.39 is 12.7 Å². The van der Waals surface area contributed by atoms with Crippen molar-refractivity contribution in [1.82, 2.24) is 5.32 Å². The molecule has 1 aromatic carbocycles. The highest BCUT2D eigenvalue weighted by Crippen LogP contribution is 2.17. The number of alkyl halides is 3. The minimum absolute atomic E-state index is 0.227. The van der Waals surface area contributed by atoms with Crippen LogP contribution in [0.4, 0.5) is 13.2 Å². The third-order valence-corrected chi connectivity index (χ3v) is 2.45. The van der Waals surface area contributed by atoms with Gasteiger partial charge in [-0.25, -0.2) is 0 Å². The predicted octanol–water partition coefficient (Wildman–Crippen LogP) is 3.41. The summed E-state index contributed by atoms with van der Waals surface area (Å²) in [5.74, 6) is 0. The molecule has 0 aliphatic rings. The van der Waals surface area contributed by atoms with Gasteiger partial charge in [-0.1, -0.05) is 22.0 Å². The Morgan fingerprint density at radius 3 is 2.60 bits per heavy atom. The lowest BCUT2D eigenvalue weighted by atomic mass is 10.1. The lowest BCUT2D eigenvalue weighted by Gasteiger charge is -2.10. The second-order valence-corrected chi connectivity index (χ2v) is 4.21. The van der Waals surface area contributed by atoms with E-state index in [1.807, 2.05) is 25.1 Å². The Kier molecular flexibility index (Phi) is 4.16. The molecule has 1 nitrogen and oxygen atoms in total. The average molecular weight is 282 g/mol. The van der Waals surface area contributed by atoms with Gasteiger partial charge >= 0.3 is 6.18 Å². The molecule has 0 aliphatic carbocycles. The van der Waals surface area contributed by atoms with E-state index in [-0.39, 0.29) is 6.54 Å². The van der Waals surface area contributed by atoms with Crippen LogP contribution in [0.1, 0.15) is 11.1 Å². The van der Waals surface area contributed by atoms with Crippen LogP contribution < -0.4 is 5.32 Å². The number of benzene rings is 1. The fourth-order valence-electron chi connectivity index (χ4n) is 1.17. The van der Waals surface area contributed by atoms with Crippen LogP contribution >= 0.6 is 15.9 Å². The van der Waals surface area contributed by atoms with Gasteiger partial charge in [-0.05, 0) is 30.2 Å². The van der Waals surface area contributed by atoms with Crippen molar-refractivity contribution in [3.8, 4) is 0 Å². The first-order valence-electron chi connectivity index (χ1n) is 4.41. The summed E-state index contributed by atoms with van der Waals surface area (Å²) in [4.78, 5) is 0. The molecule has 5 heteroatoms. The first-order valence-corrected chi connectivity index (χ1v) is 5.20. The zero-order valence-corrected chi connectivity index (χ0v) is 9.74. The summed E-state index contributed by atoms with van der Waals surface area (Å²) in [7, 11) is 0. The Morgan fingerprint density at radius 1 is 1.33 bits per heavy atom. The average Bonchev–Trinajstić information content (AvgIpc) is 2.09. The first kappa shape index (κ1) is 12.5. The maximum atomic E-state index is 11.9. The summed E-state index contributed by atoms with van der Waals surface area (Å²) in [6, 6.07) is 5.55. The van der Waals surface area contributed by atoms with E-state index in [2.05, 4.69) is 21.2 Å². The van der Waals surface area contributed by atoms with E-state index in [0.29, 0.717) is 0 Å². The van der Waals surface area contributed by atoms with Crippen LogP contribution in [0, 0.1) is 6.92 Å². The lowest BCUT2D eigenvalue weighted by Crippen LogP contribution is -2.28. The molecule has 0 saturated heterocycles. The second kappa shape index (κ2) is 4.99. The van der Waals surface area contributed by atoms with E-state index in [0.717, 1.165) is 15.6 Å². The Bertz CT molecular complexity index is 336. The van der Waals surface area contributed by atoms with Crippen molar-refractivity contribution in [2.24, 2.45) is 0 Å². The summed E-state index contributed by atoms with van der Waals surface area (Å²) in [5.41, 5.74) is 1.85. The summed E-state index contributed by atoms with van der Waals surface area (Å²) >= 11 is 3.28. The fourth-order valence-corrected chi connectivity index (χ4v) is 1.58. The van der Waals surface area contributed by atoms with E-state index in [1.54, 1.807) is 0 Å². The summed E-state index contributed by atoms with van der Waals surface area (Å²) in [5, 5.41) is 2.36. The number of nitrogens with one attached hydrogen (secondary N) is 1. The van der Waals surface area contributed by atoms with Crippen LogP contribution in [0.3, 0.4) is 0 Å². The van der Waals surface area contributed by atoms with E-state index in [4.69, 9.17) is 0 Å². The molecule has 1 aromatic rings. The van der Waals surface area contributed by atoms with Crippen LogP contribution in [0.5, 0.6) is 0 Å². The molecule has 0 spiro atoms. The molecule has 1 rings (SSSR count). The van der Waals surface area contributed by atoms with E-state index in [1.165, 1.54) is 0 Å². The second-order valence-electron chi connectivity index (χ2n) is 3.29. The number of hydrogen-bond acceptors (Lipinski definition) is 1. The third-order valence-electron chi connectivity index (χ3n) is 1.95. The quantitative estimate of drug-likeness (QED) is 0.895. The van der Waals surface area contributed by atoms with Gasteiger partial charge in [0, 0.05) is 11.0 Å².